The second kappa shape index (κ2) is 6.08. The first-order chi connectivity index (χ1) is 8.88. The van der Waals surface area contributed by atoms with Gasteiger partial charge in [0.25, 0.3) is 0 Å². The molecule has 2 fully saturated rings. The SMILES string of the molecule is CC(C)C(CNC1CC1)N1CCN(S(C)(=O)=O)CC1. The van der Waals surface area contributed by atoms with Crippen molar-refractivity contribution < 1.29 is 8.42 Å². The van der Waals surface area contributed by atoms with Crippen molar-refractivity contribution in [2.75, 3.05) is 39.0 Å². The average Bonchev–Trinajstić information content (AvgIpc) is 3.12. The standard InChI is InChI=1S/C13H27N3O2S/c1-11(2)13(10-14-12-4-5-12)15-6-8-16(9-7-15)19(3,17)18/h11-14H,4-10H2,1-3H3. The number of nitrogens with one attached hydrogen (secondary N) is 1. The number of sulfonamides is 1. The molecule has 2 aliphatic rings. The highest BCUT2D eigenvalue weighted by Crippen LogP contribution is 2.20. The van der Waals surface area contributed by atoms with Gasteiger partial charge in [0, 0.05) is 44.8 Å². The molecule has 1 saturated carbocycles. The van der Waals surface area contributed by atoms with Gasteiger partial charge in [-0.2, -0.15) is 4.31 Å². The summed E-state index contributed by atoms with van der Waals surface area (Å²) in [5.74, 6) is 0.594. The Morgan fingerprint density at radius 1 is 1.16 bits per heavy atom. The molecule has 1 aliphatic heterocycles. The van der Waals surface area contributed by atoms with Gasteiger partial charge in [0.2, 0.25) is 10.0 Å². The topological polar surface area (TPSA) is 52.6 Å². The predicted octanol–water partition coefficient (Wildman–Crippen LogP) is 0.340. The highest BCUT2D eigenvalue weighted by Gasteiger charge is 2.30. The molecule has 5 nitrogen and oxygen atoms in total. The molecule has 1 unspecified atom stereocenters. The summed E-state index contributed by atoms with van der Waals surface area (Å²) in [6.07, 6.45) is 3.93. The Bertz CT molecular complexity index is 385. The third-order valence-corrected chi connectivity index (χ3v) is 5.48. The maximum atomic E-state index is 11.5. The fourth-order valence-corrected chi connectivity index (χ4v) is 3.55. The lowest BCUT2D eigenvalue weighted by Crippen LogP contribution is -2.55. The van der Waals surface area contributed by atoms with Crippen molar-refractivity contribution in [1.82, 2.24) is 14.5 Å². The van der Waals surface area contributed by atoms with Gasteiger partial charge >= 0.3 is 0 Å². The van der Waals surface area contributed by atoms with Crippen LogP contribution in [0.4, 0.5) is 0 Å². The quantitative estimate of drug-likeness (QED) is 0.766. The van der Waals surface area contributed by atoms with Crippen molar-refractivity contribution in [2.24, 2.45) is 5.92 Å². The van der Waals surface area contributed by atoms with Crippen molar-refractivity contribution in [2.45, 2.75) is 38.8 Å². The van der Waals surface area contributed by atoms with Crippen LogP contribution in [-0.4, -0.2) is 68.7 Å². The van der Waals surface area contributed by atoms with Crippen molar-refractivity contribution in [3.63, 3.8) is 0 Å². The van der Waals surface area contributed by atoms with Crippen LogP contribution in [0.15, 0.2) is 0 Å². The molecule has 0 aromatic carbocycles. The van der Waals surface area contributed by atoms with Crippen LogP contribution in [0.25, 0.3) is 0 Å². The van der Waals surface area contributed by atoms with Crippen LogP contribution in [0.5, 0.6) is 0 Å². The van der Waals surface area contributed by atoms with Gasteiger partial charge < -0.3 is 5.32 Å². The molecule has 0 radical (unpaired) electrons. The zero-order chi connectivity index (χ0) is 14.0. The van der Waals surface area contributed by atoms with Crippen LogP contribution in [0.1, 0.15) is 26.7 Å². The summed E-state index contributed by atoms with van der Waals surface area (Å²) in [7, 11) is -3.02. The van der Waals surface area contributed by atoms with Crippen LogP contribution in [-0.2, 0) is 10.0 Å². The maximum Gasteiger partial charge on any atom is 0.211 e. The minimum Gasteiger partial charge on any atom is -0.312 e. The number of nitrogens with zero attached hydrogens (tertiary/aromatic N) is 2. The normalized spacial score (nSPS) is 24.8. The molecule has 6 heteroatoms. The first-order valence-electron chi connectivity index (χ1n) is 7.30. The molecule has 1 N–H and O–H groups in total. The van der Waals surface area contributed by atoms with E-state index in [1.807, 2.05) is 0 Å². The first kappa shape index (κ1) is 15.2. The Labute approximate surface area is 117 Å². The number of hydrogen-bond acceptors (Lipinski definition) is 4. The van der Waals surface area contributed by atoms with E-state index in [1.54, 1.807) is 4.31 Å². The van der Waals surface area contributed by atoms with E-state index < -0.39 is 10.0 Å². The van der Waals surface area contributed by atoms with Crippen LogP contribution in [0.2, 0.25) is 0 Å². The highest BCUT2D eigenvalue weighted by atomic mass is 32.2. The molecule has 112 valence electrons. The monoisotopic (exact) mass is 289 g/mol. The second-order valence-electron chi connectivity index (χ2n) is 6.19. The average molecular weight is 289 g/mol. The number of piperazine rings is 1. The minimum absolute atomic E-state index is 0.516. The second-order valence-corrected chi connectivity index (χ2v) is 8.17. The molecule has 0 aromatic rings. The van der Waals surface area contributed by atoms with E-state index in [4.69, 9.17) is 0 Å². The van der Waals surface area contributed by atoms with Gasteiger partial charge in [-0.1, -0.05) is 13.8 Å². The summed E-state index contributed by atoms with van der Waals surface area (Å²) in [6.45, 7) is 8.49. The molecule has 0 amide bonds. The smallest absolute Gasteiger partial charge is 0.211 e. The van der Waals surface area contributed by atoms with E-state index in [2.05, 4.69) is 24.1 Å². The van der Waals surface area contributed by atoms with Gasteiger partial charge in [0.05, 0.1) is 6.26 Å². The van der Waals surface area contributed by atoms with Gasteiger partial charge in [-0.05, 0) is 18.8 Å². The molecule has 0 bridgehead atoms. The summed E-state index contributed by atoms with van der Waals surface area (Å²) >= 11 is 0. The van der Waals surface area contributed by atoms with E-state index in [9.17, 15) is 8.42 Å². The van der Waals surface area contributed by atoms with Crippen molar-refractivity contribution in [3.8, 4) is 0 Å². The largest absolute Gasteiger partial charge is 0.312 e. The number of rotatable bonds is 6. The zero-order valence-electron chi connectivity index (χ0n) is 12.3. The Morgan fingerprint density at radius 2 is 1.74 bits per heavy atom. The highest BCUT2D eigenvalue weighted by molar-refractivity contribution is 7.88. The summed E-state index contributed by atoms with van der Waals surface area (Å²) in [5, 5.41) is 3.60. The third kappa shape index (κ3) is 4.41. The molecular weight excluding hydrogens is 262 g/mol. The Morgan fingerprint density at radius 3 is 2.16 bits per heavy atom. The molecule has 19 heavy (non-hydrogen) atoms. The summed E-state index contributed by atoms with van der Waals surface area (Å²) in [5.41, 5.74) is 0. The zero-order valence-corrected chi connectivity index (χ0v) is 13.1. The Kier molecular flexibility index (Phi) is 4.87. The lowest BCUT2D eigenvalue weighted by Gasteiger charge is -2.40. The van der Waals surface area contributed by atoms with E-state index in [0.29, 0.717) is 25.0 Å². The maximum absolute atomic E-state index is 11.5. The summed E-state index contributed by atoms with van der Waals surface area (Å²) in [4.78, 5) is 2.45. The van der Waals surface area contributed by atoms with Crippen LogP contribution >= 0.6 is 0 Å². The van der Waals surface area contributed by atoms with Crippen molar-refractivity contribution >= 4 is 10.0 Å². The fourth-order valence-electron chi connectivity index (χ4n) is 2.73. The molecule has 1 atom stereocenters. The molecule has 2 rings (SSSR count). The van der Waals surface area contributed by atoms with E-state index in [-0.39, 0.29) is 0 Å². The van der Waals surface area contributed by atoms with E-state index in [0.717, 1.165) is 25.7 Å². The lowest BCUT2D eigenvalue weighted by molar-refractivity contribution is 0.107. The Balaban J connectivity index is 1.85. The van der Waals surface area contributed by atoms with E-state index >= 15 is 0 Å². The molecule has 0 spiro atoms. The fraction of sp³-hybridized carbons (Fsp3) is 1.00. The lowest BCUT2D eigenvalue weighted by atomic mass is 10.0. The van der Waals surface area contributed by atoms with Crippen LogP contribution in [0.3, 0.4) is 0 Å². The van der Waals surface area contributed by atoms with Crippen molar-refractivity contribution in [1.29, 1.82) is 0 Å². The molecule has 1 saturated heterocycles. The van der Waals surface area contributed by atoms with Crippen molar-refractivity contribution in [3.05, 3.63) is 0 Å². The third-order valence-electron chi connectivity index (χ3n) is 4.17. The van der Waals surface area contributed by atoms with Crippen LogP contribution < -0.4 is 5.32 Å². The number of hydrogen-bond donors (Lipinski definition) is 1. The summed E-state index contributed by atoms with van der Waals surface area (Å²) in [6, 6.07) is 1.25. The van der Waals surface area contributed by atoms with Crippen LogP contribution in [0, 0.1) is 5.92 Å². The van der Waals surface area contributed by atoms with E-state index in [1.165, 1.54) is 19.1 Å². The molecule has 0 aromatic heterocycles. The molecule has 1 aliphatic carbocycles. The van der Waals surface area contributed by atoms with Gasteiger partial charge in [-0.15, -0.1) is 0 Å². The first-order valence-corrected chi connectivity index (χ1v) is 9.15. The van der Waals surface area contributed by atoms with Gasteiger partial charge in [-0.25, -0.2) is 8.42 Å². The van der Waals surface area contributed by atoms with Gasteiger partial charge in [0.15, 0.2) is 0 Å². The molecule has 1 heterocycles. The van der Waals surface area contributed by atoms with Gasteiger partial charge in [0.1, 0.15) is 0 Å². The predicted molar refractivity (Wildman–Crippen MR) is 77.6 cm³/mol. The van der Waals surface area contributed by atoms with Gasteiger partial charge in [-0.3, -0.25) is 4.90 Å². The molecular formula is C13H27N3O2S. The summed E-state index contributed by atoms with van der Waals surface area (Å²) < 4.78 is 24.6. The Hall–Kier alpha value is -0.170. The minimum atomic E-state index is -3.02.